The molecule has 7 nitrogen and oxygen atoms in total. The van der Waals surface area contributed by atoms with E-state index in [1.54, 1.807) is 29.2 Å². The molecule has 1 amide bonds. The Labute approximate surface area is 172 Å². The van der Waals surface area contributed by atoms with Crippen LogP contribution in [0.5, 0.6) is 5.75 Å². The molecule has 0 spiro atoms. The fourth-order valence-corrected chi connectivity index (χ4v) is 4.80. The van der Waals surface area contributed by atoms with Crippen molar-refractivity contribution >= 4 is 15.9 Å². The number of carbonyl (C=O) groups is 1. The third-order valence-corrected chi connectivity index (χ3v) is 7.17. The van der Waals surface area contributed by atoms with Crippen molar-refractivity contribution in [2.45, 2.75) is 17.9 Å². The van der Waals surface area contributed by atoms with E-state index in [4.69, 9.17) is 4.74 Å². The molecule has 2 aromatic carbocycles. The molecule has 0 aromatic heterocycles. The van der Waals surface area contributed by atoms with Crippen molar-refractivity contribution in [3.8, 4) is 5.75 Å². The maximum absolute atomic E-state index is 12.8. The van der Waals surface area contributed by atoms with E-state index in [0.717, 1.165) is 0 Å². The number of nitrogens with zero attached hydrogens (tertiary/aromatic N) is 2. The van der Waals surface area contributed by atoms with E-state index in [1.165, 1.54) is 17.0 Å². The van der Waals surface area contributed by atoms with Gasteiger partial charge < -0.3 is 15.0 Å². The third-order valence-electron chi connectivity index (χ3n) is 5.26. The van der Waals surface area contributed by atoms with Crippen LogP contribution in [0.1, 0.15) is 18.5 Å². The molecule has 0 aliphatic carbocycles. The van der Waals surface area contributed by atoms with E-state index in [1.807, 2.05) is 23.5 Å². The number of piperazine rings is 1. The summed E-state index contributed by atoms with van der Waals surface area (Å²) in [5, 5.41) is 2.01. The van der Waals surface area contributed by atoms with Gasteiger partial charge >= 0.3 is 0 Å². The van der Waals surface area contributed by atoms with Crippen LogP contribution in [0.15, 0.2) is 59.5 Å². The molecule has 1 fully saturated rings. The van der Waals surface area contributed by atoms with Crippen LogP contribution >= 0.6 is 0 Å². The highest BCUT2D eigenvalue weighted by Gasteiger charge is 2.30. The second-order valence-electron chi connectivity index (χ2n) is 7.10. The van der Waals surface area contributed by atoms with Crippen LogP contribution in [0, 0.1) is 0 Å². The van der Waals surface area contributed by atoms with Gasteiger partial charge in [-0.3, -0.25) is 4.79 Å². The zero-order chi connectivity index (χ0) is 20.9. The summed E-state index contributed by atoms with van der Waals surface area (Å²) in [7, 11) is -2.03. The van der Waals surface area contributed by atoms with Gasteiger partial charge in [-0.25, -0.2) is 8.42 Å². The topological polar surface area (TPSA) is 83.5 Å². The summed E-state index contributed by atoms with van der Waals surface area (Å²) in [6, 6.07) is 16.6. The van der Waals surface area contributed by atoms with Gasteiger partial charge in [0.05, 0.1) is 12.0 Å². The lowest BCUT2D eigenvalue weighted by Gasteiger charge is -2.33. The highest BCUT2D eigenvalue weighted by Crippen LogP contribution is 2.20. The highest BCUT2D eigenvalue weighted by molar-refractivity contribution is 7.89. The predicted octanol–water partition coefficient (Wildman–Crippen LogP) is 0.853. The molecule has 1 aliphatic heterocycles. The minimum atomic E-state index is -3.57. The minimum Gasteiger partial charge on any atom is -0.497 e. The number of rotatable bonds is 7. The minimum absolute atomic E-state index is 0.0364. The van der Waals surface area contributed by atoms with E-state index in [9.17, 15) is 13.2 Å². The van der Waals surface area contributed by atoms with Gasteiger partial charge in [0.25, 0.3) is 5.91 Å². The fourth-order valence-electron chi connectivity index (χ4n) is 3.37. The van der Waals surface area contributed by atoms with Crippen molar-refractivity contribution in [3.05, 3.63) is 60.2 Å². The quantitative estimate of drug-likeness (QED) is 0.723. The smallest absolute Gasteiger partial charge is 0.277 e. The van der Waals surface area contributed by atoms with Crippen LogP contribution < -0.4 is 10.1 Å². The molecule has 2 N–H and O–H groups in total. The van der Waals surface area contributed by atoms with E-state index in [0.29, 0.717) is 38.5 Å². The molecule has 156 valence electrons. The van der Waals surface area contributed by atoms with E-state index < -0.39 is 10.0 Å². The van der Waals surface area contributed by atoms with Crippen LogP contribution in [0.4, 0.5) is 0 Å². The first-order valence-corrected chi connectivity index (χ1v) is 11.2. The number of sulfonamides is 1. The lowest BCUT2D eigenvalue weighted by atomic mass is 10.1. The second-order valence-corrected chi connectivity index (χ2v) is 9.04. The first-order chi connectivity index (χ1) is 13.9. The zero-order valence-corrected chi connectivity index (χ0v) is 17.6. The average Bonchev–Trinajstić information content (AvgIpc) is 2.78. The largest absolute Gasteiger partial charge is 0.497 e. The molecule has 1 aliphatic rings. The first-order valence-electron chi connectivity index (χ1n) is 9.72. The summed E-state index contributed by atoms with van der Waals surface area (Å²) in [4.78, 5) is 14.5. The Morgan fingerprint density at radius 3 is 2.24 bits per heavy atom. The maximum atomic E-state index is 12.8. The van der Waals surface area contributed by atoms with Gasteiger partial charge in [0.2, 0.25) is 10.0 Å². The van der Waals surface area contributed by atoms with Crippen molar-refractivity contribution in [1.29, 1.82) is 0 Å². The van der Waals surface area contributed by atoms with Crippen LogP contribution in [-0.2, 0) is 14.8 Å². The number of quaternary nitrogens is 1. The van der Waals surface area contributed by atoms with Gasteiger partial charge in [-0.2, -0.15) is 4.31 Å². The molecular formula is C21H28N3O4S+. The molecule has 2 aromatic rings. The Hall–Kier alpha value is -2.42. The molecule has 0 bridgehead atoms. The molecule has 8 heteroatoms. The number of benzene rings is 2. The third kappa shape index (κ3) is 5.14. The van der Waals surface area contributed by atoms with Gasteiger partial charge in [-0.15, -0.1) is 0 Å². The highest BCUT2D eigenvalue weighted by atomic mass is 32.2. The van der Waals surface area contributed by atoms with Gasteiger partial charge in [0.15, 0.2) is 6.54 Å². The van der Waals surface area contributed by atoms with E-state index >= 15 is 0 Å². The van der Waals surface area contributed by atoms with Gasteiger partial charge in [0.1, 0.15) is 11.8 Å². The predicted molar refractivity (Wildman–Crippen MR) is 110 cm³/mol. The summed E-state index contributed by atoms with van der Waals surface area (Å²) in [5.74, 6) is 0.648. The molecule has 1 saturated heterocycles. The van der Waals surface area contributed by atoms with E-state index in [-0.39, 0.29) is 16.8 Å². The molecule has 1 atom stereocenters. The Balaban J connectivity index is 1.52. The molecule has 1 heterocycles. The number of hydrogen-bond acceptors (Lipinski definition) is 4. The molecule has 29 heavy (non-hydrogen) atoms. The van der Waals surface area contributed by atoms with Crippen LogP contribution in [0.25, 0.3) is 0 Å². The number of ether oxygens (including phenoxy) is 1. The Kier molecular flexibility index (Phi) is 6.89. The summed E-state index contributed by atoms with van der Waals surface area (Å²) < 4.78 is 32.1. The summed E-state index contributed by atoms with van der Waals surface area (Å²) >= 11 is 0. The number of carbonyl (C=O) groups excluding carboxylic acids is 1. The Bertz CT molecular complexity index is 909. The maximum Gasteiger partial charge on any atom is 0.277 e. The Morgan fingerprint density at radius 1 is 1.03 bits per heavy atom. The van der Waals surface area contributed by atoms with Crippen molar-refractivity contribution in [2.24, 2.45) is 0 Å². The van der Waals surface area contributed by atoms with Crippen LogP contribution in [0.2, 0.25) is 0 Å². The lowest BCUT2D eigenvalue weighted by molar-refractivity contribution is -0.683. The van der Waals surface area contributed by atoms with Crippen molar-refractivity contribution in [2.75, 3.05) is 39.8 Å². The van der Waals surface area contributed by atoms with Crippen molar-refractivity contribution in [1.82, 2.24) is 9.21 Å². The molecule has 3 rings (SSSR count). The van der Waals surface area contributed by atoms with Gasteiger partial charge in [0, 0.05) is 31.7 Å². The van der Waals surface area contributed by atoms with E-state index in [2.05, 4.69) is 19.1 Å². The lowest BCUT2D eigenvalue weighted by Crippen LogP contribution is -2.87. The van der Waals surface area contributed by atoms with Crippen molar-refractivity contribution < 1.29 is 23.3 Å². The summed E-state index contributed by atoms with van der Waals surface area (Å²) in [5.41, 5.74) is 1.18. The van der Waals surface area contributed by atoms with Gasteiger partial charge in [-0.1, -0.05) is 30.3 Å². The number of amides is 1. The van der Waals surface area contributed by atoms with Crippen LogP contribution in [-0.4, -0.2) is 63.4 Å². The molecule has 0 unspecified atom stereocenters. The standard InChI is InChI=1S/C21H27N3O4S/c1-17(18-6-4-3-5-7-18)22-16-21(25)23-12-14-24(15-13-23)29(26,27)20-10-8-19(28-2)9-11-20/h3-11,17,22H,12-16H2,1-2H3/p+1/t17-/m0/s1. The Morgan fingerprint density at radius 2 is 1.66 bits per heavy atom. The summed E-state index contributed by atoms with van der Waals surface area (Å²) in [6.45, 7) is 3.83. The molecule has 0 saturated carbocycles. The SMILES string of the molecule is COc1ccc(S(=O)(=O)N2CCN(C(=O)C[NH2+][C@@H](C)c3ccccc3)CC2)cc1. The monoisotopic (exact) mass is 418 g/mol. The summed E-state index contributed by atoms with van der Waals surface area (Å²) in [6.07, 6.45) is 0. The second kappa shape index (κ2) is 9.39. The molecule has 0 radical (unpaired) electrons. The fraction of sp³-hybridized carbons (Fsp3) is 0.381. The zero-order valence-electron chi connectivity index (χ0n) is 16.8. The van der Waals surface area contributed by atoms with Gasteiger partial charge in [-0.05, 0) is 31.2 Å². The van der Waals surface area contributed by atoms with Crippen molar-refractivity contribution in [3.63, 3.8) is 0 Å². The number of nitrogens with two attached hydrogens (primary N) is 1. The molecular weight excluding hydrogens is 390 g/mol. The number of methoxy groups -OCH3 is 1. The van der Waals surface area contributed by atoms with Crippen LogP contribution in [0.3, 0.4) is 0 Å². The number of hydrogen-bond donors (Lipinski definition) is 1. The average molecular weight is 419 g/mol. The normalized spacial score (nSPS) is 16.4. The first kappa shape index (κ1) is 21.3.